The lowest BCUT2D eigenvalue weighted by Crippen LogP contribution is -2.19. The van der Waals surface area contributed by atoms with Crippen molar-refractivity contribution in [2.75, 3.05) is 24.8 Å². The number of nitrogen functional groups attached to an aromatic ring is 1. The van der Waals surface area contributed by atoms with Crippen LogP contribution in [-0.4, -0.2) is 24.1 Å². The lowest BCUT2D eigenvalue weighted by atomic mass is 10.2. The van der Waals surface area contributed by atoms with Gasteiger partial charge in [0.15, 0.2) is 5.82 Å². The molecule has 0 spiro atoms. The van der Waals surface area contributed by atoms with Crippen LogP contribution in [0.15, 0.2) is 24.4 Å². The maximum Gasteiger partial charge on any atom is 0.318 e. The van der Waals surface area contributed by atoms with E-state index in [1.54, 1.807) is 12.1 Å². The highest BCUT2D eigenvalue weighted by Gasteiger charge is 2.12. The molecule has 0 amide bonds. The van der Waals surface area contributed by atoms with E-state index in [0.717, 1.165) is 5.56 Å². The van der Waals surface area contributed by atoms with E-state index in [4.69, 9.17) is 33.7 Å². The first-order valence-corrected chi connectivity index (χ1v) is 6.58. The van der Waals surface area contributed by atoms with E-state index >= 15 is 0 Å². The molecule has 0 saturated carbocycles. The van der Waals surface area contributed by atoms with E-state index in [1.165, 1.54) is 13.3 Å². The first-order chi connectivity index (χ1) is 9.51. The Balaban J connectivity index is 2.27. The van der Waals surface area contributed by atoms with E-state index in [1.807, 2.05) is 18.0 Å². The van der Waals surface area contributed by atoms with Crippen LogP contribution in [-0.2, 0) is 6.54 Å². The Morgan fingerprint density at radius 2 is 2.05 bits per heavy atom. The van der Waals surface area contributed by atoms with Crippen LogP contribution < -0.4 is 15.4 Å². The zero-order valence-corrected chi connectivity index (χ0v) is 12.6. The van der Waals surface area contributed by atoms with Gasteiger partial charge in [0, 0.05) is 24.3 Å². The molecule has 0 radical (unpaired) electrons. The SMILES string of the molecule is COc1ncc(Cl)c(N(C)Cc2cc(N)ccc2Cl)n1. The molecule has 0 bridgehead atoms. The molecule has 1 aromatic carbocycles. The van der Waals surface area contributed by atoms with Crippen LogP contribution in [0.3, 0.4) is 0 Å². The van der Waals surface area contributed by atoms with Gasteiger partial charge in [-0.2, -0.15) is 4.98 Å². The summed E-state index contributed by atoms with van der Waals surface area (Å²) < 4.78 is 5.00. The van der Waals surface area contributed by atoms with Gasteiger partial charge < -0.3 is 15.4 Å². The van der Waals surface area contributed by atoms with Crippen LogP contribution in [0, 0.1) is 0 Å². The fraction of sp³-hybridized carbons (Fsp3) is 0.231. The average Bonchev–Trinajstić information content (AvgIpc) is 2.43. The molecule has 7 heteroatoms. The highest BCUT2D eigenvalue weighted by atomic mass is 35.5. The summed E-state index contributed by atoms with van der Waals surface area (Å²) in [4.78, 5) is 10.0. The first kappa shape index (κ1) is 14.7. The Morgan fingerprint density at radius 1 is 1.30 bits per heavy atom. The van der Waals surface area contributed by atoms with Gasteiger partial charge in [0.2, 0.25) is 0 Å². The molecular formula is C13H14Cl2N4O. The van der Waals surface area contributed by atoms with Crippen molar-refractivity contribution in [3.8, 4) is 6.01 Å². The normalized spacial score (nSPS) is 10.4. The lowest BCUT2D eigenvalue weighted by Gasteiger charge is -2.20. The number of nitrogens with two attached hydrogens (primary N) is 1. The number of benzene rings is 1. The molecule has 1 heterocycles. The average molecular weight is 313 g/mol. The smallest absolute Gasteiger partial charge is 0.318 e. The number of hydrogen-bond donors (Lipinski definition) is 1. The fourth-order valence-electron chi connectivity index (χ4n) is 1.75. The van der Waals surface area contributed by atoms with Gasteiger partial charge in [-0.05, 0) is 23.8 Å². The molecule has 20 heavy (non-hydrogen) atoms. The molecule has 0 aliphatic carbocycles. The summed E-state index contributed by atoms with van der Waals surface area (Å²) in [6.45, 7) is 0.518. The van der Waals surface area contributed by atoms with E-state index < -0.39 is 0 Å². The van der Waals surface area contributed by atoms with Crippen molar-refractivity contribution in [3.05, 3.63) is 40.0 Å². The highest BCUT2D eigenvalue weighted by molar-refractivity contribution is 6.33. The van der Waals surface area contributed by atoms with E-state index in [9.17, 15) is 0 Å². The second-order valence-electron chi connectivity index (χ2n) is 4.24. The molecule has 0 aliphatic rings. The van der Waals surface area contributed by atoms with Crippen molar-refractivity contribution in [2.45, 2.75) is 6.54 Å². The Bertz CT molecular complexity index is 621. The van der Waals surface area contributed by atoms with Gasteiger partial charge in [-0.1, -0.05) is 23.2 Å². The molecule has 1 aromatic heterocycles. The van der Waals surface area contributed by atoms with Crippen LogP contribution in [0.5, 0.6) is 6.01 Å². The maximum absolute atomic E-state index is 6.15. The number of nitrogens with zero attached hydrogens (tertiary/aromatic N) is 3. The molecule has 0 aliphatic heterocycles. The number of hydrogen-bond acceptors (Lipinski definition) is 5. The third-order valence-electron chi connectivity index (χ3n) is 2.72. The largest absolute Gasteiger partial charge is 0.467 e. The predicted molar refractivity (Wildman–Crippen MR) is 81.6 cm³/mol. The summed E-state index contributed by atoms with van der Waals surface area (Å²) in [6, 6.07) is 5.61. The van der Waals surface area contributed by atoms with Crippen LogP contribution in [0.4, 0.5) is 11.5 Å². The van der Waals surface area contributed by atoms with Crippen LogP contribution in [0.1, 0.15) is 5.56 Å². The van der Waals surface area contributed by atoms with Gasteiger partial charge in [-0.25, -0.2) is 4.98 Å². The molecule has 5 nitrogen and oxygen atoms in total. The standard InChI is InChI=1S/C13H14Cl2N4O/c1-19(7-8-5-9(16)3-4-10(8)14)12-11(15)6-17-13(18-12)20-2/h3-6H,7,16H2,1-2H3. The third-order valence-corrected chi connectivity index (χ3v) is 3.36. The van der Waals surface area contributed by atoms with Crippen molar-refractivity contribution in [3.63, 3.8) is 0 Å². The predicted octanol–water partition coefficient (Wildman–Crippen LogP) is 3.01. The van der Waals surface area contributed by atoms with Gasteiger partial charge in [0.05, 0.1) is 13.3 Å². The number of anilines is 2. The molecule has 0 atom stereocenters. The molecule has 0 fully saturated rings. The Labute approximate surface area is 127 Å². The van der Waals surface area contributed by atoms with Crippen molar-refractivity contribution < 1.29 is 4.74 Å². The molecule has 0 saturated heterocycles. The lowest BCUT2D eigenvalue weighted by molar-refractivity contribution is 0.380. The summed E-state index contributed by atoms with van der Waals surface area (Å²) in [5, 5.41) is 1.08. The minimum Gasteiger partial charge on any atom is -0.467 e. The van der Waals surface area contributed by atoms with Crippen LogP contribution in [0.2, 0.25) is 10.0 Å². The Morgan fingerprint density at radius 3 is 2.75 bits per heavy atom. The van der Waals surface area contributed by atoms with Gasteiger partial charge >= 0.3 is 6.01 Å². The molecule has 2 aromatic rings. The van der Waals surface area contributed by atoms with Gasteiger partial charge in [0.25, 0.3) is 0 Å². The topological polar surface area (TPSA) is 64.3 Å². The number of aromatic nitrogens is 2. The molecular weight excluding hydrogens is 299 g/mol. The van der Waals surface area contributed by atoms with E-state index in [-0.39, 0.29) is 6.01 Å². The second-order valence-corrected chi connectivity index (χ2v) is 5.05. The quantitative estimate of drug-likeness (QED) is 0.879. The number of ether oxygens (including phenoxy) is 1. The molecule has 2 N–H and O–H groups in total. The van der Waals surface area contributed by atoms with Gasteiger partial charge in [-0.15, -0.1) is 0 Å². The van der Waals surface area contributed by atoms with E-state index in [0.29, 0.717) is 28.1 Å². The van der Waals surface area contributed by atoms with Gasteiger partial charge in [0.1, 0.15) is 5.02 Å². The van der Waals surface area contributed by atoms with Crippen molar-refractivity contribution in [2.24, 2.45) is 0 Å². The minimum atomic E-state index is 0.259. The summed E-state index contributed by atoms with van der Waals surface area (Å²) in [7, 11) is 3.36. The molecule has 106 valence electrons. The second kappa shape index (κ2) is 6.15. The summed E-state index contributed by atoms with van der Waals surface area (Å²) in [6.07, 6.45) is 1.50. The minimum absolute atomic E-state index is 0.259. The third kappa shape index (κ3) is 3.23. The number of halogens is 2. The summed E-state index contributed by atoms with van der Waals surface area (Å²) in [5.74, 6) is 0.567. The monoisotopic (exact) mass is 312 g/mol. The highest BCUT2D eigenvalue weighted by Crippen LogP contribution is 2.27. The fourth-order valence-corrected chi connectivity index (χ4v) is 2.17. The van der Waals surface area contributed by atoms with Crippen molar-refractivity contribution in [1.82, 2.24) is 9.97 Å². The summed E-state index contributed by atoms with van der Waals surface area (Å²) >= 11 is 12.3. The zero-order chi connectivity index (χ0) is 14.7. The molecule has 2 rings (SSSR count). The van der Waals surface area contributed by atoms with Crippen LogP contribution >= 0.6 is 23.2 Å². The maximum atomic E-state index is 6.15. The van der Waals surface area contributed by atoms with Gasteiger partial charge in [-0.3, -0.25) is 0 Å². The van der Waals surface area contributed by atoms with Crippen molar-refractivity contribution in [1.29, 1.82) is 0 Å². The first-order valence-electron chi connectivity index (χ1n) is 5.83. The zero-order valence-electron chi connectivity index (χ0n) is 11.1. The van der Waals surface area contributed by atoms with Crippen LogP contribution in [0.25, 0.3) is 0 Å². The Kier molecular flexibility index (Phi) is 4.52. The number of rotatable bonds is 4. The molecule has 0 unspecified atom stereocenters. The van der Waals surface area contributed by atoms with E-state index in [2.05, 4.69) is 9.97 Å². The number of methoxy groups -OCH3 is 1. The summed E-state index contributed by atoms with van der Waals surface area (Å²) in [5.41, 5.74) is 7.32. The Hall–Kier alpha value is -1.72. The van der Waals surface area contributed by atoms with Crippen molar-refractivity contribution >= 4 is 34.7 Å².